The molecule has 2 aliphatic heterocycles. The summed E-state index contributed by atoms with van der Waals surface area (Å²) in [6.07, 6.45) is 2.79. The van der Waals surface area contributed by atoms with Gasteiger partial charge < -0.3 is 23.8 Å². The zero-order valence-corrected chi connectivity index (χ0v) is 21.9. The van der Waals surface area contributed by atoms with E-state index < -0.39 is 23.1 Å². The van der Waals surface area contributed by atoms with Crippen LogP contribution in [0.1, 0.15) is 50.0 Å². The first-order valence-electron chi connectivity index (χ1n) is 12.2. The van der Waals surface area contributed by atoms with Crippen molar-refractivity contribution >= 4 is 40.3 Å². The third kappa shape index (κ3) is 3.62. The summed E-state index contributed by atoms with van der Waals surface area (Å²) in [5.74, 6) is 0.391. The lowest BCUT2D eigenvalue weighted by Crippen LogP contribution is -2.62. The van der Waals surface area contributed by atoms with E-state index in [1.165, 1.54) is 14.0 Å². The maximum absolute atomic E-state index is 12.5. The molecule has 8 heteroatoms. The zero-order valence-electron chi connectivity index (χ0n) is 21.9. The van der Waals surface area contributed by atoms with E-state index in [1.54, 1.807) is 19.2 Å². The van der Waals surface area contributed by atoms with Crippen molar-refractivity contribution in [3.8, 4) is 17.2 Å². The molecule has 0 bridgehead atoms. The van der Waals surface area contributed by atoms with Gasteiger partial charge in [-0.1, -0.05) is 13.0 Å². The van der Waals surface area contributed by atoms with Gasteiger partial charge in [0, 0.05) is 24.5 Å². The summed E-state index contributed by atoms with van der Waals surface area (Å²) in [5, 5.41) is 1.44. The number of carbonyl (C=O) groups excluding carboxylic acids is 2. The number of hydrogen-bond donors (Lipinski definition) is 0. The Morgan fingerprint density at radius 3 is 2.54 bits per heavy atom. The molecule has 1 atom stereocenters. The molecule has 0 fully saturated rings. The molecule has 1 spiro atoms. The smallest absolute Gasteiger partial charge is 0.341 e. The van der Waals surface area contributed by atoms with E-state index in [1.807, 2.05) is 24.4 Å². The second-order valence-corrected chi connectivity index (χ2v) is 9.78. The summed E-state index contributed by atoms with van der Waals surface area (Å²) in [6, 6.07) is 13.1. The predicted octanol–water partition coefficient (Wildman–Crippen LogP) is 5.56. The van der Waals surface area contributed by atoms with Crippen molar-refractivity contribution < 1.29 is 28.5 Å². The number of ether oxygens (including phenoxy) is 4. The fraction of sp³-hybridized carbons (Fsp3) is 0.345. The first kappa shape index (κ1) is 24.6. The average Bonchev–Trinajstić information content (AvgIpc) is 3.05. The molecule has 1 unspecified atom stereocenters. The second-order valence-electron chi connectivity index (χ2n) is 9.78. The Labute approximate surface area is 215 Å². The van der Waals surface area contributed by atoms with E-state index in [4.69, 9.17) is 23.9 Å². The summed E-state index contributed by atoms with van der Waals surface area (Å²) < 4.78 is 22.6. The zero-order chi connectivity index (χ0) is 26.5. The van der Waals surface area contributed by atoms with Crippen LogP contribution in [0.2, 0.25) is 0 Å². The van der Waals surface area contributed by atoms with Gasteiger partial charge >= 0.3 is 11.9 Å². The highest BCUT2D eigenvalue weighted by molar-refractivity contribution is 6.05. The number of methoxy groups -OCH3 is 2. The molecule has 5 rings (SSSR count). The number of anilines is 1. The Bertz CT molecular complexity index is 1460. The van der Waals surface area contributed by atoms with E-state index in [-0.39, 0.29) is 11.3 Å². The monoisotopic (exact) mass is 502 g/mol. The average molecular weight is 503 g/mol. The Hall–Kier alpha value is -4.07. The van der Waals surface area contributed by atoms with Crippen molar-refractivity contribution in [2.24, 2.45) is 4.99 Å². The van der Waals surface area contributed by atoms with Gasteiger partial charge in [-0.25, -0.2) is 4.79 Å². The van der Waals surface area contributed by atoms with Crippen LogP contribution < -0.4 is 19.1 Å². The van der Waals surface area contributed by atoms with E-state index in [0.29, 0.717) is 16.8 Å². The molecule has 0 radical (unpaired) electrons. The van der Waals surface area contributed by atoms with Gasteiger partial charge in [-0.2, -0.15) is 0 Å². The third-order valence-corrected chi connectivity index (χ3v) is 7.26. The number of fused-ring (bicyclic) bond motifs is 4. The SMILES string of the molecule is CCCN1c2ccc(OC)cc2C(C)(C)C12C=Nc1c(ccc3cc(OC(C)=O)c(C(=O)OC)cc13)O2. The van der Waals surface area contributed by atoms with Crippen molar-refractivity contribution in [3.05, 3.63) is 53.6 Å². The number of hydrogen-bond acceptors (Lipinski definition) is 8. The molecule has 2 heterocycles. The number of esters is 2. The van der Waals surface area contributed by atoms with Gasteiger partial charge in [-0.15, -0.1) is 0 Å². The molecule has 3 aromatic rings. The molecule has 37 heavy (non-hydrogen) atoms. The van der Waals surface area contributed by atoms with Crippen LogP contribution in [0.15, 0.2) is 47.5 Å². The molecule has 3 aromatic carbocycles. The van der Waals surface area contributed by atoms with Crippen LogP contribution in [-0.4, -0.2) is 44.6 Å². The molecule has 2 aliphatic rings. The molecule has 0 N–H and O–H groups in total. The second kappa shape index (κ2) is 8.80. The molecule has 0 aromatic heterocycles. The molecule has 0 aliphatic carbocycles. The molecule has 0 saturated heterocycles. The standard InChI is InChI=1S/C29H30N2O6/c1-7-12-31-23-10-9-19(34-5)14-22(23)28(3,4)29(31)16-30-26-20-15-21(27(33)35-6)25(36-17(2)32)13-18(20)8-11-24(26)37-29/h8-11,13-16H,7,12H2,1-6H3. The van der Waals surface area contributed by atoms with Crippen LogP contribution in [0.5, 0.6) is 17.2 Å². The first-order valence-corrected chi connectivity index (χ1v) is 12.2. The van der Waals surface area contributed by atoms with Crippen molar-refractivity contribution in [3.63, 3.8) is 0 Å². The summed E-state index contributed by atoms with van der Waals surface area (Å²) >= 11 is 0. The molecule has 192 valence electrons. The minimum Gasteiger partial charge on any atom is -0.497 e. The van der Waals surface area contributed by atoms with E-state index in [9.17, 15) is 9.59 Å². The number of benzene rings is 3. The molecule has 0 saturated carbocycles. The Morgan fingerprint density at radius 2 is 1.86 bits per heavy atom. The minimum absolute atomic E-state index is 0.138. The fourth-order valence-electron chi connectivity index (χ4n) is 5.40. The first-order chi connectivity index (χ1) is 17.7. The summed E-state index contributed by atoms with van der Waals surface area (Å²) in [6.45, 7) is 8.50. The van der Waals surface area contributed by atoms with Crippen LogP contribution in [0.25, 0.3) is 10.8 Å². The van der Waals surface area contributed by atoms with Gasteiger partial charge in [0.25, 0.3) is 0 Å². The summed E-state index contributed by atoms with van der Waals surface area (Å²) in [7, 11) is 2.95. The molecular formula is C29H30N2O6. The highest BCUT2D eigenvalue weighted by Gasteiger charge is 2.59. The van der Waals surface area contributed by atoms with Gasteiger partial charge in [0.2, 0.25) is 5.72 Å². The lowest BCUT2D eigenvalue weighted by molar-refractivity contribution is -0.131. The molecular weight excluding hydrogens is 472 g/mol. The van der Waals surface area contributed by atoms with Gasteiger partial charge in [-0.05, 0) is 67.6 Å². The summed E-state index contributed by atoms with van der Waals surface area (Å²) in [5.41, 5.74) is 1.63. The normalized spacial score (nSPS) is 18.8. The topological polar surface area (TPSA) is 86.7 Å². The molecule has 8 nitrogen and oxygen atoms in total. The van der Waals surface area contributed by atoms with Crippen molar-refractivity contribution in [1.29, 1.82) is 0 Å². The lowest BCUT2D eigenvalue weighted by atomic mass is 9.77. The van der Waals surface area contributed by atoms with Crippen molar-refractivity contribution in [2.45, 2.75) is 45.3 Å². The van der Waals surface area contributed by atoms with Crippen LogP contribution >= 0.6 is 0 Å². The summed E-state index contributed by atoms with van der Waals surface area (Å²) in [4.78, 5) is 31.4. The number of nitrogens with zero attached hydrogens (tertiary/aromatic N) is 2. The van der Waals surface area contributed by atoms with Crippen molar-refractivity contribution in [1.82, 2.24) is 0 Å². The van der Waals surface area contributed by atoms with Crippen LogP contribution in [0.3, 0.4) is 0 Å². The number of carbonyl (C=O) groups is 2. The van der Waals surface area contributed by atoms with Gasteiger partial charge in [0.15, 0.2) is 0 Å². The van der Waals surface area contributed by atoms with E-state index >= 15 is 0 Å². The highest BCUT2D eigenvalue weighted by atomic mass is 16.5. The number of rotatable bonds is 5. The largest absolute Gasteiger partial charge is 0.497 e. The van der Waals surface area contributed by atoms with Gasteiger partial charge in [0.05, 0.1) is 25.8 Å². The van der Waals surface area contributed by atoms with E-state index in [2.05, 4.69) is 37.8 Å². The van der Waals surface area contributed by atoms with Crippen molar-refractivity contribution in [2.75, 3.05) is 25.7 Å². The Morgan fingerprint density at radius 1 is 1.08 bits per heavy atom. The quantitative estimate of drug-likeness (QED) is 0.333. The van der Waals surface area contributed by atoms with Crippen LogP contribution in [-0.2, 0) is 14.9 Å². The van der Waals surface area contributed by atoms with Crippen LogP contribution in [0, 0.1) is 0 Å². The van der Waals surface area contributed by atoms with Gasteiger partial charge in [-0.3, -0.25) is 9.79 Å². The lowest BCUT2D eigenvalue weighted by Gasteiger charge is -2.46. The molecule has 0 amide bonds. The maximum atomic E-state index is 12.5. The Kier molecular flexibility index (Phi) is 5.85. The number of aliphatic imine (C=N–C) groups is 1. The minimum atomic E-state index is -0.860. The maximum Gasteiger partial charge on any atom is 0.341 e. The predicted molar refractivity (Wildman–Crippen MR) is 142 cm³/mol. The highest BCUT2D eigenvalue weighted by Crippen LogP contribution is 2.55. The third-order valence-electron chi connectivity index (χ3n) is 7.26. The fourth-order valence-corrected chi connectivity index (χ4v) is 5.40. The van der Waals surface area contributed by atoms with Gasteiger partial charge in [0.1, 0.15) is 28.5 Å². The van der Waals surface area contributed by atoms with E-state index in [0.717, 1.165) is 35.4 Å². The van der Waals surface area contributed by atoms with Crippen LogP contribution in [0.4, 0.5) is 11.4 Å². The Balaban J connectivity index is 1.67.